The second kappa shape index (κ2) is 6.07. The maximum Gasteiger partial charge on any atom is 0.335 e. The van der Waals surface area contributed by atoms with E-state index in [0.717, 1.165) is 12.1 Å². The fourth-order valence-corrected chi connectivity index (χ4v) is 1.39. The van der Waals surface area contributed by atoms with Gasteiger partial charge in [0.2, 0.25) is 0 Å². The summed E-state index contributed by atoms with van der Waals surface area (Å²) in [6.45, 7) is 3.34. The lowest BCUT2D eigenvalue weighted by molar-refractivity contribution is 0.0697. The molecule has 1 aromatic carbocycles. The van der Waals surface area contributed by atoms with Crippen molar-refractivity contribution >= 4 is 23.3 Å². The molecule has 0 amide bonds. The summed E-state index contributed by atoms with van der Waals surface area (Å²) in [5.74, 6) is -0.914. The predicted octanol–water partition coefficient (Wildman–Crippen LogP) is 1.37. The van der Waals surface area contributed by atoms with Gasteiger partial charge in [-0.2, -0.15) is 0 Å². The molecule has 0 aliphatic heterocycles. The van der Waals surface area contributed by atoms with Crippen LogP contribution in [-0.4, -0.2) is 22.7 Å². The molecular weight excluding hydrogens is 224 g/mol. The molecule has 86 valence electrons. The molecule has 0 spiro atoms. The van der Waals surface area contributed by atoms with Gasteiger partial charge in [0, 0.05) is 13.1 Å². The van der Waals surface area contributed by atoms with Crippen molar-refractivity contribution < 1.29 is 9.90 Å². The minimum Gasteiger partial charge on any atom is -0.478 e. The number of aromatic carboxylic acids is 1. The molecule has 0 saturated heterocycles. The molecule has 0 heterocycles. The van der Waals surface area contributed by atoms with Crippen molar-refractivity contribution in [2.45, 2.75) is 13.5 Å². The van der Waals surface area contributed by atoms with Crippen LogP contribution < -0.4 is 10.6 Å². The first-order valence-corrected chi connectivity index (χ1v) is 5.38. The van der Waals surface area contributed by atoms with Gasteiger partial charge in [0.05, 0.1) is 5.56 Å². The van der Waals surface area contributed by atoms with E-state index in [1.807, 2.05) is 6.92 Å². The van der Waals surface area contributed by atoms with Gasteiger partial charge in [0.15, 0.2) is 5.11 Å². The highest BCUT2D eigenvalue weighted by Crippen LogP contribution is 2.03. The first-order chi connectivity index (χ1) is 7.63. The number of carbonyl (C=O) groups is 1. The molecule has 0 atom stereocenters. The zero-order valence-corrected chi connectivity index (χ0v) is 9.80. The number of thiocarbonyl (C=S) groups is 1. The van der Waals surface area contributed by atoms with Crippen LogP contribution in [0.1, 0.15) is 22.8 Å². The van der Waals surface area contributed by atoms with E-state index < -0.39 is 5.97 Å². The lowest BCUT2D eigenvalue weighted by atomic mass is 10.1. The highest BCUT2D eigenvalue weighted by molar-refractivity contribution is 7.80. The highest BCUT2D eigenvalue weighted by Gasteiger charge is 2.01. The Bertz CT molecular complexity index is 376. The number of carboxylic acids is 1. The molecule has 0 aromatic heterocycles. The lowest BCUT2D eigenvalue weighted by Gasteiger charge is -2.08. The van der Waals surface area contributed by atoms with E-state index in [0.29, 0.717) is 11.7 Å². The summed E-state index contributed by atoms with van der Waals surface area (Å²) < 4.78 is 0. The molecule has 5 heteroatoms. The molecule has 16 heavy (non-hydrogen) atoms. The summed E-state index contributed by atoms with van der Waals surface area (Å²) in [5, 5.41) is 15.3. The van der Waals surface area contributed by atoms with E-state index in [9.17, 15) is 4.79 Å². The molecule has 4 nitrogen and oxygen atoms in total. The van der Waals surface area contributed by atoms with Crippen molar-refractivity contribution in [3.8, 4) is 0 Å². The van der Waals surface area contributed by atoms with Gasteiger partial charge < -0.3 is 15.7 Å². The summed E-state index contributed by atoms with van der Waals surface area (Å²) in [6, 6.07) is 6.70. The predicted molar refractivity (Wildman–Crippen MR) is 66.5 cm³/mol. The van der Waals surface area contributed by atoms with Gasteiger partial charge in [0.25, 0.3) is 0 Å². The van der Waals surface area contributed by atoms with Gasteiger partial charge in [-0.3, -0.25) is 0 Å². The Morgan fingerprint density at radius 3 is 2.44 bits per heavy atom. The van der Waals surface area contributed by atoms with Crippen LogP contribution in [0.25, 0.3) is 0 Å². The van der Waals surface area contributed by atoms with Crippen LogP contribution in [0.15, 0.2) is 24.3 Å². The van der Waals surface area contributed by atoms with Gasteiger partial charge in [-0.05, 0) is 36.8 Å². The van der Waals surface area contributed by atoms with Crippen LogP contribution >= 0.6 is 12.2 Å². The number of benzene rings is 1. The number of carboxylic acid groups (broad SMARTS) is 1. The van der Waals surface area contributed by atoms with Crippen molar-refractivity contribution in [3.63, 3.8) is 0 Å². The topological polar surface area (TPSA) is 61.4 Å². The van der Waals surface area contributed by atoms with Crippen LogP contribution in [0.2, 0.25) is 0 Å². The van der Waals surface area contributed by atoms with E-state index >= 15 is 0 Å². The summed E-state index contributed by atoms with van der Waals surface area (Å²) >= 11 is 5.00. The third-order valence-corrected chi connectivity index (χ3v) is 2.28. The fourth-order valence-electron chi connectivity index (χ4n) is 1.17. The zero-order chi connectivity index (χ0) is 12.0. The second-order valence-corrected chi connectivity index (χ2v) is 3.62. The zero-order valence-electron chi connectivity index (χ0n) is 8.99. The van der Waals surface area contributed by atoms with Crippen molar-refractivity contribution in [1.29, 1.82) is 0 Å². The summed E-state index contributed by atoms with van der Waals surface area (Å²) in [6.07, 6.45) is 0. The van der Waals surface area contributed by atoms with Crippen LogP contribution in [0, 0.1) is 0 Å². The third kappa shape index (κ3) is 3.86. The Morgan fingerprint density at radius 1 is 1.31 bits per heavy atom. The van der Waals surface area contributed by atoms with Gasteiger partial charge in [-0.1, -0.05) is 12.1 Å². The largest absolute Gasteiger partial charge is 0.478 e. The first kappa shape index (κ1) is 12.4. The monoisotopic (exact) mass is 238 g/mol. The number of hydrogen-bond acceptors (Lipinski definition) is 2. The molecule has 3 N–H and O–H groups in total. The van der Waals surface area contributed by atoms with E-state index in [2.05, 4.69) is 10.6 Å². The second-order valence-electron chi connectivity index (χ2n) is 3.22. The number of rotatable bonds is 4. The van der Waals surface area contributed by atoms with Gasteiger partial charge in [-0.25, -0.2) is 4.79 Å². The van der Waals surface area contributed by atoms with Crippen molar-refractivity contribution in [1.82, 2.24) is 10.6 Å². The maximum atomic E-state index is 10.6. The highest BCUT2D eigenvalue weighted by atomic mass is 32.1. The molecule has 0 radical (unpaired) electrons. The van der Waals surface area contributed by atoms with E-state index in [1.165, 1.54) is 0 Å². The molecule has 0 aliphatic rings. The Labute approximate surface area is 99.7 Å². The summed E-state index contributed by atoms with van der Waals surface area (Å²) in [5.41, 5.74) is 1.28. The molecule has 1 rings (SSSR count). The van der Waals surface area contributed by atoms with Crippen LogP contribution in [0.3, 0.4) is 0 Å². The lowest BCUT2D eigenvalue weighted by Crippen LogP contribution is -2.34. The Morgan fingerprint density at radius 2 is 1.94 bits per heavy atom. The molecule has 0 unspecified atom stereocenters. The quantitative estimate of drug-likeness (QED) is 0.692. The molecule has 0 fully saturated rings. The van der Waals surface area contributed by atoms with Crippen LogP contribution in [0.4, 0.5) is 0 Å². The smallest absolute Gasteiger partial charge is 0.335 e. The van der Waals surface area contributed by atoms with Crippen LogP contribution in [0.5, 0.6) is 0 Å². The Hall–Kier alpha value is -1.62. The normalized spacial score (nSPS) is 9.56. The average molecular weight is 238 g/mol. The molecule has 0 bridgehead atoms. The van der Waals surface area contributed by atoms with E-state index in [1.54, 1.807) is 24.3 Å². The van der Waals surface area contributed by atoms with Gasteiger partial charge in [-0.15, -0.1) is 0 Å². The minimum atomic E-state index is -0.914. The van der Waals surface area contributed by atoms with Gasteiger partial charge in [0.1, 0.15) is 0 Å². The number of nitrogens with one attached hydrogen (secondary N) is 2. The summed E-state index contributed by atoms with van der Waals surface area (Å²) in [4.78, 5) is 10.6. The van der Waals surface area contributed by atoms with E-state index in [4.69, 9.17) is 17.3 Å². The molecule has 0 saturated carbocycles. The Kier molecular flexibility index (Phi) is 4.72. The summed E-state index contributed by atoms with van der Waals surface area (Å²) in [7, 11) is 0. The molecule has 1 aromatic rings. The Balaban J connectivity index is 2.49. The SMILES string of the molecule is CCNC(=S)NCc1ccc(C(=O)O)cc1. The van der Waals surface area contributed by atoms with Gasteiger partial charge >= 0.3 is 5.97 Å². The minimum absolute atomic E-state index is 0.290. The fraction of sp³-hybridized carbons (Fsp3) is 0.273. The van der Waals surface area contributed by atoms with Crippen LogP contribution in [-0.2, 0) is 6.54 Å². The van der Waals surface area contributed by atoms with E-state index in [-0.39, 0.29) is 5.56 Å². The number of hydrogen-bond donors (Lipinski definition) is 3. The molecular formula is C11H14N2O2S. The third-order valence-electron chi connectivity index (χ3n) is 1.99. The van der Waals surface area contributed by atoms with Crippen molar-refractivity contribution in [2.75, 3.05) is 6.54 Å². The molecule has 0 aliphatic carbocycles. The first-order valence-electron chi connectivity index (χ1n) is 4.97. The average Bonchev–Trinajstić information content (AvgIpc) is 2.27. The standard InChI is InChI=1S/C11H14N2O2S/c1-2-12-11(16)13-7-8-3-5-9(6-4-8)10(14)15/h3-6H,2,7H2,1H3,(H,14,15)(H2,12,13,16). The maximum absolute atomic E-state index is 10.6. The van der Waals surface area contributed by atoms with Crippen molar-refractivity contribution in [2.24, 2.45) is 0 Å². The van der Waals surface area contributed by atoms with Crippen molar-refractivity contribution in [3.05, 3.63) is 35.4 Å².